The largest absolute Gasteiger partial charge is 0.417 e. The summed E-state index contributed by atoms with van der Waals surface area (Å²) in [5, 5.41) is 0.681. The van der Waals surface area contributed by atoms with Crippen molar-refractivity contribution in [3.63, 3.8) is 0 Å². The summed E-state index contributed by atoms with van der Waals surface area (Å²) in [6.45, 7) is 3.74. The number of hydrogen-bond acceptors (Lipinski definition) is 2. The van der Waals surface area contributed by atoms with Gasteiger partial charge in [0.05, 0.1) is 10.5 Å². The molecule has 0 saturated carbocycles. The monoisotopic (exact) mass is 387 g/mol. The second kappa shape index (κ2) is 6.66. The van der Waals surface area contributed by atoms with E-state index in [1.165, 1.54) is 6.07 Å². The van der Waals surface area contributed by atoms with Gasteiger partial charge in [0.25, 0.3) is 0 Å². The van der Waals surface area contributed by atoms with Crippen LogP contribution in [0.5, 0.6) is 0 Å². The van der Waals surface area contributed by atoms with Crippen LogP contribution in [0.3, 0.4) is 0 Å². The molecule has 0 fully saturated rings. The Morgan fingerprint density at radius 1 is 1.19 bits per heavy atom. The molecule has 0 radical (unpaired) electrons. The molecule has 0 atom stereocenters. The van der Waals surface area contributed by atoms with Gasteiger partial charge < -0.3 is 0 Å². The maximum atomic E-state index is 12.9. The minimum atomic E-state index is -4.71. The highest BCUT2D eigenvalue weighted by Gasteiger charge is 2.37. The predicted molar refractivity (Wildman–Crippen MR) is 78.8 cm³/mol. The first-order chi connectivity index (χ1) is 9.49. The Morgan fingerprint density at radius 3 is 2.29 bits per heavy atom. The Labute approximate surface area is 131 Å². The zero-order valence-corrected chi connectivity index (χ0v) is 14.1. The number of rotatable bonds is 6. The van der Waals surface area contributed by atoms with Crippen molar-refractivity contribution < 1.29 is 21.6 Å². The van der Waals surface area contributed by atoms with Gasteiger partial charge in [0.1, 0.15) is 0 Å². The highest BCUT2D eigenvalue weighted by molar-refractivity contribution is 9.09. The molecule has 0 aliphatic heterocycles. The number of benzene rings is 1. The van der Waals surface area contributed by atoms with E-state index >= 15 is 0 Å². The van der Waals surface area contributed by atoms with Crippen LogP contribution >= 0.6 is 15.9 Å². The van der Waals surface area contributed by atoms with Gasteiger partial charge in [0, 0.05) is 11.9 Å². The van der Waals surface area contributed by atoms with E-state index in [0.29, 0.717) is 11.8 Å². The van der Waals surface area contributed by atoms with Gasteiger partial charge in [-0.2, -0.15) is 13.2 Å². The first kappa shape index (κ1) is 18.4. The SMILES string of the molecule is CC(C)(CCBr)CNS(=O)(=O)c1ccccc1C(F)(F)F. The van der Waals surface area contributed by atoms with Crippen LogP contribution < -0.4 is 4.72 Å². The van der Waals surface area contributed by atoms with E-state index in [2.05, 4.69) is 20.7 Å². The molecule has 120 valence electrons. The summed E-state index contributed by atoms with van der Waals surface area (Å²) in [5.41, 5.74) is -1.51. The van der Waals surface area contributed by atoms with Crippen molar-refractivity contribution in [3.05, 3.63) is 29.8 Å². The fraction of sp³-hybridized carbons (Fsp3) is 0.538. The third kappa shape index (κ3) is 5.27. The van der Waals surface area contributed by atoms with Crippen molar-refractivity contribution in [2.45, 2.75) is 31.3 Å². The van der Waals surface area contributed by atoms with Crippen molar-refractivity contribution in [2.24, 2.45) is 5.41 Å². The van der Waals surface area contributed by atoms with Gasteiger partial charge >= 0.3 is 6.18 Å². The minimum Gasteiger partial charge on any atom is -0.211 e. The lowest BCUT2D eigenvalue weighted by Crippen LogP contribution is -2.35. The molecule has 0 amide bonds. The summed E-state index contributed by atoms with van der Waals surface area (Å²) in [6.07, 6.45) is -4.02. The van der Waals surface area contributed by atoms with E-state index in [9.17, 15) is 21.6 Å². The summed E-state index contributed by atoms with van der Waals surface area (Å²) in [6, 6.07) is 4.16. The van der Waals surface area contributed by atoms with Gasteiger partial charge in [-0.05, 0) is 24.0 Å². The van der Waals surface area contributed by atoms with Gasteiger partial charge in [-0.15, -0.1) is 0 Å². The van der Waals surface area contributed by atoms with Gasteiger partial charge in [-0.1, -0.05) is 41.9 Å². The van der Waals surface area contributed by atoms with E-state index in [1.807, 2.05) is 13.8 Å². The fourth-order valence-corrected chi connectivity index (χ4v) is 4.19. The van der Waals surface area contributed by atoms with E-state index in [4.69, 9.17) is 0 Å². The first-order valence-electron chi connectivity index (χ1n) is 6.21. The Hall–Kier alpha value is -0.600. The molecular formula is C13H17BrF3NO2S. The van der Waals surface area contributed by atoms with Crippen molar-refractivity contribution in [1.82, 2.24) is 4.72 Å². The van der Waals surface area contributed by atoms with Crippen LogP contribution in [0.15, 0.2) is 29.2 Å². The highest BCUT2D eigenvalue weighted by Crippen LogP contribution is 2.34. The number of alkyl halides is 4. The Bertz CT molecular complexity index is 585. The third-order valence-corrected chi connectivity index (χ3v) is 4.85. The van der Waals surface area contributed by atoms with Gasteiger partial charge in [0.2, 0.25) is 10.0 Å². The number of sulfonamides is 1. The van der Waals surface area contributed by atoms with Crippen LogP contribution in [-0.2, 0) is 16.2 Å². The van der Waals surface area contributed by atoms with E-state index < -0.39 is 26.7 Å². The summed E-state index contributed by atoms with van der Waals surface area (Å²) >= 11 is 3.26. The van der Waals surface area contributed by atoms with E-state index in [-0.39, 0.29) is 12.0 Å². The van der Waals surface area contributed by atoms with Crippen molar-refractivity contribution in [2.75, 3.05) is 11.9 Å². The highest BCUT2D eigenvalue weighted by atomic mass is 79.9. The van der Waals surface area contributed by atoms with E-state index in [1.54, 1.807) is 0 Å². The van der Waals surface area contributed by atoms with Crippen molar-refractivity contribution >= 4 is 26.0 Å². The Balaban J connectivity index is 3.05. The van der Waals surface area contributed by atoms with Crippen molar-refractivity contribution in [1.29, 1.82) is 0 Å². The molecule has 0 spiro atoms. The maximum absolute atomic E-state index is 12.9. The first-order valence-corrected chi connectivity index (χ1v) is 8.82. The van der Waals surface area contributed by atoms with Gasteiger partial charge in [-0.25, -0.2) is 13.1 Å². The van der Waals surface area contributed by atoms with Crippen LogP contribution in [-0.4, -0.2) is 20.3 Å². The molecule has 1 aromatic rings. The average Bonchev–Trinajstić information content (AvgIpc) is 2.36. The molecule has 3 nitrogen and oxygen atoms in total. The molecule has 1 aromatic carbocycles. The minimum absolute atomic E-state index is 0.0626. The topological polar surface area (TPSA) is 46.2 Å². The predicted octanol–water partition coefficient (Wildman–Crippen LogP) is 3.79. The lowest BCUT2D eigenvalue weighted by atomic mass is 9.91. The number of halogens is 4. The standard InChI is InChI=1S/C13H17BrF3NO2S/c1-12(2,7-8-14)9-18-21(19,20)11-6-4-3-5-10(11)13(15,16)17/h3-6,18H,7-9H2,1-2H3. The molecule has 0 aromatic heterocycles. The van der Waals surface area contributed by atoms with Crippen LogP contribution in [0.2, 0.25) is 0 Å². The summed E-state index contributed by atoms with van der Waals surface area (Å²) < 4.78 is 65.1. The second-order valence-electron chi connectivity index (χ2n) is 5.42. The molecule has 21 heavy (non-hydrogen) atoms. The van der Waals surface area contributed by atoms with Crippen molar-refractivity contribution in [3.8, 4) is 0 Å². The molecule has 0 heterocycles. The Morgan fingerprint density at radius 2 is 1.76 bits per heavy atom. The van der Waals surface area contributed by atoms with Crippen LogP contribution in [0.4, 0.5) is 13.2 Å². The molecule has 0 bridgehead atoms. The molecule has 8 heteroatoms. The molecule has 1 rings (SSSR count). The molecular weight excluding hydrogens is 371 g/mol. The summed E-state index contributed by atoms with van der Waals surface area (Å²) in [5.74, 6) is 0. The number of nitrogens with one attached hydrogen (secondary N) is 1. The zero-order chi connectivity index (χ0) is 16.3. The molecule has 0 aliphatic carbocycles. The lowest BCUT2D eigenvalue weighted by Gasteiger charge is -2.24. The van der Waals surface area contributed by atoms with Gasteiger partial charge in [-0.3, -0.25) is 0 Å². The van der Waals surface area contributed by atoms with Crippen LogP contribution in [0, 0.1) is 5.41 Å². The lowest BCUT2D eigenvalue weighted by molar-refractivity contribution is -0.139. The molecule has 0 saturated heterocycles. The summed E-state index contributed by atoms with van der Waals surface area (Å²) in [4.78, 5) is -0.743. The molecule has 0 unspecified atom stereocenters. The summed E-state index contributed by atoms with van der Waals surface area (Å²) in [7, 11) is -4.21. The number of hydrogen-bond donors (Lipinski definition) is 1. The van der Waals surface area contributed by atoms with Crippen LogP contribution in [0.25, 0.3) is 0 Å². The Kier molecular flexibility index (Phi) is 5.85. The normalized spacial score (nSPS) is 13.4. The van der Waals surface area contributed by atoms with Gasteiger partial charge in [0.15, 0.2) is 0 Å². The fourth-order valence-electron chi connectivity index (χ4n) is 1.65. The molecule has 0 aliphatic rings. The molecule has 1 N–H and O–H groups in total. The second-order valence-corrected chi connectivity index (χ2v) is 7.95. The maximum Gasteiger partial charge on any atom is 0.417 e. The van der Waals surface area contributed by atoms with E-state index in [0.717, 1.165) is 18.2 Å². The average molecular weight is 388 g/mol. The third-order valence-electron chi connectivity index (χ3n) is 2.99. The van der Waals surface area contributed by atoms with Crippen LogP contribution in [0.1, 0.15) is 25.8 Å². The quantitative estimate of drug-likeness (QED) is 0.754. The smallest absolute Gasteiger partial charge is 0.211 e. The zero-order valence-electron chi connectivity index (χ0n) is 11.7.